The van der Waals surface area contributed by atoms with Gasteiger partial charge in [0.15, 0.2) is 6.10 Å². The highest BCUT2D eigenvalue weighted by atomic mass is 32.2. The van der Waals surface area contributed by atoms with Gasteiger partial charge in [0, 0.05) is 12.6 Å². The van der Waals surface area contributed by atoms with Crippen molar-refractivity contribution in [2.45, 2.75) is 63.0 Å². The van der Waals surface area contributed by atoms with Crippen molar-refractivity contribution in [1.82, 2.24) is 10.0 Å². The molecule has 1 atom stereocenters. The standard InChI is InChI=1S/C17H26N2O4S/c1-3-18-24(21,22)16-11-9-15(10-12-16)23-13(2)17(20)19-14-7-5-4-6-8-14/h9-14,18H,3-8H2,1-2H3,(H,19,20)/t13-/m0/s1. The van der Waals surface area contributed by atoms with Crippen LogP contribution >= 0.6 is 0 Å². The summed E-state index contributed by atoms with van der Waals surface area (Å²) in [6.07, 6.45) is 4.97. The number of ether oxygens (including phenoxy) is 1. The van der Waals surface area contributed by atoms with Gasteiger partial charge in [0.2, 0.25) is 10.0 Å². The molecule has 6 nitrogen and oxygen atoms in total. The third-order valence-electron chi connectivity index (χ3n) is 4.10. The Bertz CT molecular complexity index is 637. The Morgan fingerprint density at radius 1 is 1.21 bits per heavy atom. The quantitative estimate of drug-likeness (QED) is 0.786. The molecular formula is C17H26N2O4S. The molecule has 1 fully saturated rings. The second-order valence-corrected chi connectivity index (χ2v) is 7.84. The molecule has 0 aromatic heterocycles. The van der Waals surface area contributed by atoms with Crippen LogP contribution in [0.4, 0.5) is 0 Å². The second kappa shape index (κ2) is 8.48. The Morgan fingerprint density at radius 2 is 1.83 bits per heavy atom. The molecule has 0 saturated heterocycles. The number of sulfonamides is 1. The molecule has 0 spiro atoms. The van der Waals surface area contributed by atoms with Crippen molar-refractivity contribution in [1.29, 1.82) is 0 Å². The van der Waals surface area contributed by atoms with E-state index in [1.54, 1.807) is 26.0 Å². The van der Waals surface area contributed by atoms with Gasteiger partial charge in [-0.3, -0.25) is 4.79 Å². The van der Waals surface area contributed by atoms with Crippen molar-refractivity contribution < 1.29 is 17.9 Å². The Hall–Kier alpha value is -1.60. The summed E-state index contributed by atoms with van der Waals surface area (Å²) in [4.78, 5) is 12.4. The Morgan fingerprint density at radius 3 is 2.42 bits per heavy atom. The largest absolute Gasteiger partial charge is 0.481 e. The molecule has 1 saturated carbocycles. The first-order chi connectivity index (χ1) is 11.4. The summed E-state index contributed by atoms with van der Waals surface area (Å²) in [6, 6.07) is 6.31. The molecule has 0 bridgehead atoms. The smallest absolute Gasteiger partial charge is 0.260 e. The van der Waals surface area contributed by atoms with Crippen molar-refractivity contribution in [2.24, 2.45) is 0 Å². The fourth-order valence-corrected chi connectivity index (χ4v) is 3.83. The van der Waals surface area contributed by atoms with E-state index < -0.39 is 16.1 Å². The van der Waals surface area contributed by atoms with Crippen LogP contribution in [-0.2, 0) is 14.8 Å². The third kappa shape index (κ3) is 5.21. The first kappa shape index (κ1) is 18.7. The molecule has 7 heteroatoms. The minimum Gasteiger partial charge on any atom is -0.481 e. The molecule has 1 amide bonds. The second-order valence-electron chi connectivity index (χ2n) is 6.08. The van der Waals surface area contributed by atoms with Gasteiger partial charge in [-0.2, -0.15) is 0 Å². The van der Waals surface area contributed by atoms with E-state index in [1.165, 1.54) is 18.6 Å². The Labute approximate surface area is 144 Å². The van der Waals surface area contributed by atoms with Gasteiger partial charge in [0.25, 0.3) is 5.91 Å². The fourth-order valence-electron chi connectivity index (χ4n) is 2.79. The molecule has 24 heavy (non-hydrogen) atoms. The molecule has 2 N–H and O–H groups in total. The van der Waals surface area contributed by atoms with Crippen LogP contribution in [0.2, 0.25) is 0 Å². The highest BCUT2D eigenvalue weighted by Crippen LogP contribution is 2.19. The highest BCUT2D eigenvalue weighted by Gasteiger charge is 2.21. The van der Waals surface area contributed by atoms with Crippen molar-refractivity contribution in [3.05, 3.63) is 24.3 Å². The van der Waals surface area contributed by atoms with E-state index in [1.807, 2.05) is 0 Å². The molecule has 0 aliphatic heterocycles. The van der Waals surface area contributed by atoms with Gasteiger partial charge >= 0.3 is 0 Å². The number of amides is 1. The average molecular weight is 354 g/mol. The number of carbonyl (C=O) groups is 1. The van der Waals surface area contributed by atoms with E-state index in [4.69, 9.17) is 4.74 Å². The molecular weight excluding hydrogens is 328 g/mol. The highest BCUT2D eigenvalue weighted by molar-refractivity contribution is 7.89. The maximum atomic E-state index is 12.2. The summed E-state index contributed by atoms with van der Waals surface area (Å²) in [5, 5.41) is 3.02. The van der Waals surface area contributed by atoms with E-state index in [2.05, 4.69) is 10.0 Å². The van der Waals surface area contributed by atoms with Gasteiger partial charge in [0.05, 0.1) is 4.90 Å². The minimum atomic E-state index is -3.48. The molecule has 1 aromatic rings. The van der Waals surface area contributed by atoms with Crippen LogP contribution in [-0.4, -0.2) is 33.0 Å². The summed E-state index contributed by atoms with van der Waals surface area (Å²) in [7, 11) is -3.48. The van der Waals surface area contributed by atoms with Crippen LogP contribution < -0.4 is 14.8 Å². The van der Waals surface area contributed by atoms with E-state index >= 15 is 0 Å². The number of rotatable bonds is 7. The predicted octanol–water partition coefficient (Wildman–Crippen LogP) is 2.20. The Kier molecular flexibility index (Phi) is 6.62. The van der Waals surface area contributed by atoms with Gasteiger partial charge in [-0.1, -0.05) is 26.2 Å². The number of hydrogen-bond donors (Lipinski definition) is 2. The minimum absolute atomic E-state index is 0.133. The van der Waals surface area contributed by atoms with Crippen molar-refractivity contribution in [3.63, 3.8) is 0 Å². The zero-order valence-corrected chi connectivity index (χ0v) is 15.1. The topological polar surface area (TPSA) is 84.5 Å². The van der Waals surface area contributed by atoms with Crippen LogP contribution in [0.25, 0.3) is 0 Å². The van der Waals surface area contributed by atoms with E-state index in [9.17, 15) is 13.2 Å². The molecule has 0 unspecified atom stereocenters. The normalized spacial score (nSPS) is 17.2. The lowest BCUT2D eigenvalue weighted by atomic mass is 9.95. The summed E-state index contributed by atoms with van der Waals surface area (Å²) < 4.78 is 31.8. The lowest BCUT2D eigenvalue weighted by molar-refractivity contribution is -0.128. The van der Waals surface area contributed by atoms with Gasteiger partial charge in [-0.25, -0.2) is 13.1 Å². The maximum Gasteiger partial charge on any atom is 0.260 e. The number of benzene rings is 1. The first-order valence-electron chi connectivity index (χ1n) is 8.49. The van der Waals surface area contributed by atoms with Crippen molar-refractivity contribution in [2.75, 3.05) is 6.54 Å². The first-order valence-corrected chi connectivity index (χ1v) is 9.97. The van der Waals surface area contributed by atoms with Crippen LogP contribution in [0.3, 0.4) is 0 Å². The van der Waals surface area contributed by atoms with Crippen molar-refractivity contribution in [3.8, 4) is 5.75 Å². The summed E-state index contributed by atoms with van der Waals surface area (Å²) in [5.41, 5.74) is 0. The van der Waals surface area contributed by atoms with E-state index in [-0.39, 0.29) is 16.8 Å². The zero-order valence-electron chi connectivity index (χ0n) is 14.2. The van der Waals surface area contributed by atoms with Gasteiger partial charge < -0.3 is 10.1 Å². The average Bonchev–Trinajstić information content (AvgIpc) is 2.56. The van der Waals surface area contributed by atoms with Gasteiger partial charge in [-0.05, 0) is 44.0 Å². The number of hydrogen-bond acceptors (Lipinski definition) is 4. The molecule has 1 aliphatic rings. The van der Waals surface area contributed by atoms with Gasteiger partial charge in [-0.15, -0.1) is 0 Å². The lowest BCUT2D eigenvalue weighted by Crippen LogP contribution is -2.43. The third-order valence-corrected chi connectivity index (χ3v) is 5.66. The molecule has 1 aromatic carbocycles. The van der Waals surface area contributed by atoms with Crippen LogP contribution in [0.5, 0.6) is 5.75 Å². The molecule has 134 valence electrons. The number of carbonyl (C=O) groups excluding carboxylic acids is 1. The fraction of sp³-hybridized carbons (Fsp3) is 0.588. The monoisotopic (exact) mass is 354 g/mol. The van der Waals surface area contributed by atoms with E-state index in [0.29, 0.717) is 12.3 Å². The molecule has 0 radical (unpaired) electrons. The number of nitrogens with one attached hydrogen (secondary N) is 2. The van der Waals surface area contributed by atoms with Crippen molar-refractivity contribution >= 4 is 15.9 Å². The predicted molar refractivity (Wildman–Crippen MR) is 92.4 cm³/mol. The Balaban J connectivity index is 1.91. The SMILES string of the molecule is CCNS(=O)(=O)c1ccc(O[C@@H](C)C(=O)NC2CCCCC2)cc1. The van der Waals surface area contributed by atoms with Crippen LogP contribution in [0, 0.1) is 0 Å². The summed E-state index contributed by atoms with van der Waals surface area (Å²) in [6.45, 7) is 3.75. The van der Waals surface area contributed by atoms with Gasteiger partial charge in [0.1, 0.15) is 5.75 Å². The lowest BCUT2D eigenvalue weighted by Gasteiger charge is -2.24. The van der Waals surface area contributed by atoms with Crippen LogP contribution in [0.1, 0.15) is 46.0 Å². The zero-order chi connectivity index (χ0) is 17.6. The summed E-state index contributed by atoms with van der Waals surface area (Å²) >= 11 is 0. The maximum absolute atomic E-state index is 12.2. The van der Waals surface area contributed by atoms with Crippen LogP contribution in [0.15, 0.2) is 29.2 Å². The molecule has 0 heterocycles. The summed E-state index contributed by atoms with van der Waals surface area (Å²) in [5.74, 6) is 0.336. The molecule has 2 rings (SSSR count). The van der Waals surface area contributed by atoms with E-state index in [0.717, 1.165) is 25.7 Å². The molecule has 1 aliphatic carbocycles.